The van der Waals surface area contributed by atoms with E-state index in [0.29, 0.717) is 44.3 Å². The van der Waals surface area contributed by atoms with Crippen molar-refractivity contribution >= 4 is 34.6 Å². The predicted molar refractivity (Wildman–Crippen MR) is 253 cm³/mol. The first-order valence-corrected chi connectivity index (χ1v) is 23.8. The summed E-state index contributed by atoms with van der Waals surface area (Å²) in [6, 6.07) is 13.0. The molecule has 2 aromatic heterocycles. The zero-order valence-corrected chi connectivity index (χ0v) is 39.8. The van der Waals surface area contributed by atoms with Crippen LogP contribution in [0.4, 0.5) is 0 Å². The second kappa shape index (κ2) is 19.5. The number of phenolic OH excluding ortho intramolecular Hbond substituents is 1. The number of cyclic esters (lactones) is 1. The first-order chi connectivity index (χ1) is 31.6. The van der Waals surface area contributed by atoms with Gasteiger partial charge >= 0.3 is 5.97 Å². The standard InChI is InChI=1S/C51H68N8O7/c1-9-58-42-17-14-32-26-37(42)38(46(58)35-12-10-18-53-43(35)30(4)65-8)27-51(5,6)28-66-50(64)40-13-11-21-59(56-40)49(63)41(24-31-22-33(32)25-34(60)23-31)55-47(61)45(29(2)3)57(7)48(62)36-15-16-39-44(36)54-20-19-52-39/h10,12,14,17-18,22-23,25-26,29-30,36,39-41,44-45,52,54,56,60H,9,11,13,15-16,19-21,24,27-28H2,1-8H3,(H,55,61)/t30-,36-,39+,40-,41-,44-,45?/m0/s1. The van der Waals surface area contributed by atoms with Crippen LogP contribution < -0.4 is 21.4 Å². The molecule has 0 spiro atoms. The van der Waals surface area contributed by atoms with Crippen LogP contribution in [0.25, 0.3) is 33.3 Å². The quantitative estimate of drug-likeness (QED) is 0.138. The number of phenols is 1. The molecule has 1 aliphatic carbocycles. The highest BCUT2D eigenvalue weighted by Crippen LogP contribution is 2.42. The number of amides is 3. The predicted octanol–water partition coefficient (Wildman–Crippen LogP) is 5.27. The molecule has 4 aromatic rings. The van der Waals surface area contributed by atoms with Crippen molar-refractivity contribution in [2.45, 2.75) is 123 Å². The summed E-state index contributed by atoms with van der Waals surface area (Å²) in [5.41, 5.74) is 9.74. The molecule has 1 saturated carbocycles. The van der Waals surface area contributed by atoms with Crippen LogP contribution in [0.15, 0.2) is 54.7 Å². The highest BCUT2D eigenvalue weighted by molar-refractivity contribution is 5.96. The summed E-state index contributed by atoms with van der Waals surface area (Å²) in [5.74, 6) is -1.98. The molecule has 15 nitrogen and oxygen atoms in total. The maximum Gasteiger partial charge on any atom is 0.324 e. The van der Waals surface area contributed by atoms with Crippen molar-refractivity contribution in [3.63, 3.8) is 0 Å². The van der Waals surface area contributed by atoms with Crippen molar-refractivity contribution < 1.29 is 33.8 Å². The Morgan fingerprint density at radius 1 is 1.05 bits per heavy atom. The van der Waals surface area contributed by atoms with Crippen LogP contribution in [-0.4, -0.2) is 119 Å². The normalized spacial score (nSPS) is 24.3. The lowest BCUT2D eigenvalue weighted by Crippen LogP contribution is -2.62. The number of hydrogen-bond donors (Lipinski definition) is 5. The summed E-state index contributed by atoms with van der Waals surface area (Å²) in [4.78, 5) is 63.9. The maximum atomic E-state index is 14.8. The lowest BCUT2D eigenvalue weighted by Gasteiger charge is -2.38. The molecule has 6 bridgehead atoms. The number of hydrazine groups is 1. The number of esters is 1. The van der Waals surface area contributed by atoms with Gasteiger partial charge in [-0.3, -0.25) is 29.2 Å². The van der Waals surface area contributed by atoms with Crippen molar-refractivity contribution in [1.29, 1.82) is 0 Å². The Morgan fingerprint density at radius 3 is 2.59 bits per heavy atom. The van der Waals surface area contributed by atoms with Crippen LogP contribution in [0.3, 0.4) is 0 Å². The van der Waals surface area contributed by atoms with E-state index in [9.17, 15) is 24.3 Å². The summed E-state index contributed by atoms with van der Waals surface area (Å²) in [6.45, 7) is 14.8. The van der Waals surface area contributed by atoms with Crippen molar-refractivity contribution in [1.82, 2.24) is 40.8 Å². The Kier molecular flexibility index (Phi) is 13.9. The number of piperazine rings is 1. The summed E-state index contributed by atoms with van der Waals surface area (Å²) in [7, 11) is 3.36. The molecule has 15 heteroatoms. The average Bonchev–Trinajstić information content (AvgIpc) is 3.87. The third-order valence-electron chi connectivity index (χ3n) is 14.2. The topological polar surface area (TPSA) is 179 Å². The summed E-state index contributed by atoms with van der Waals surface area (Å²) in [6.07, 6.45) is 4.68. The third-order valence-corrected chi connectivity index (χ3v) is 14.2. The smallest absolute Gasteiger partial charge is 0.324 e. The molecule has 66 heavy (non-hydrogen) atoms. The number of benzene rings is 2. The Balaban J connectivity index is 1.20. The fourth-order valence-electron chi connectivity index (χ4n) is 10.9. The first kappa shape index (κ1) is 47.2. The molecule has 5 heterocycles. The van der Waals surface area contributed by atoms with Gasteiger partial charge in [-0.1, -0.05) is 39.8 Å². The minimum Gasteiger partial charge on any atom is -0.508 e. The molecular formula is C51H68N8O7. The Morgan fingerprint density at radius 2 is 1.83 bits per heavy atom. The van der Waals surface area contributed by atoms with E-state index in [2.05, 4.69) is 64.9 Å². The molecular weight excluding hydrogens is 837 g/mol. The average molecular weight is 905 g/mol. The Labute approximate surface area is 388 Å². The molecule has 3 aliphatic heterocycles. The molecule has 3 fully saturated rings. The lowest BCUT2D eigenvalue weighted by atomic mass is 9.84. The van der Waals surface area contributed by atoms with Gasteiger partial charge in [-0.15, -0.1) is 0 Å². The number of rotatable bonds is 9. The van der Waals surface area contributed by atoms with Gasteiger partial charge in [0, 0.05) is 86.9 Å². The Hall–Kier alpha value is -5.35. The second-order valence-electron chi connectivity index (χ2n) is 19.9. The van der Waals surface area contributed by atoms with E-state index < -0.39 is 41.3 Å². The van der Waals surface area contributed by atoms with Crippen molar-refractivity contribution in [3.8, 4) is 28.1 Å². The monoisotopic (exact) mass is 905 g/mol. The molecule has 4 aliphatic rings. The number of pyridine rings is 1. The van der Waals surface area contributed by atoms with Crippen molar-refractivity contribution in [2.75, 3.05) is 40.4 Å². The van der Waals surface area contributed by atoms with Crippen LogP contribution in [0.5, 0.6) is 5.75 Å². The molecule has 3 amide bonds. The number of hydrogen-bond acceptors (Lipinski definition) is 11. The van der Waals surface area contributed by atoms with E-state index in [1.165, 1.54) is 5.01 Å². The van der Waals surface area contributed by atoms with E-state index in [1.54, 1.807) is 37.4 Å². The van der Waals surface area contributed by atoms with Gasteiger partial charge in [0.2, 0.25) is 11.8 Å². The van der Waals surface area contributed by atoms with Gasteiger partial charge in [0.1, 0.15) is 23.9 Å². The van der Waals surface area contributed by atoms with Crippen LogP contribution in [0.1, 0.15) is 90.2 Å². The number of ether oxygens (including phenoxy) is 2. The van der Waals surface area contributed by atoms with E-state index in [0.717, 1.165) is 64.1 Å². The lowest BCUT2D eigenvalue weighted by molar-refractivity contribution is -0.155. The fraction of sp³-hybridized carbons (Fsp3) is 0.549. The Bertz CT molecular complexity index is 2470. The van der Waals surface area contributed by atoms with Gasteiger partial charge in [0.15, 0.2) is 0 Å². The number of aromatic hydroxyl groups is 1. The van der Waals surface area contributed by atoms with Crippen LogP contribution >= 0.6 is 0 Å². The van der Waals surface area contributed by atoms with Crippen LogP contribution in [-0.2, 0) is 48.0 Å². The second-order valence-corrected chi connectivity index (χ2v) is 19.9. The number of aromatic nitrogens is 2. The number of nitrogens with zero attached hydrogens (tertiary/aromatic N) is 4. The number of fused-ring (bicyclic) bond motifs is 7. The van der Waals surface area contributed by atoms with Crippen LogP contribution in [0.2, 0.25) is 0 Å². The minimum absolute atomic E-state index is 0.0107. The summed E-state index contributed by atoms with van der Waals surface area (Å²) in [5, 5.41) is 23.9. The van der Waals surface area contributed by atoms with Gasteiger partial charge in [-0.05, 0) is 111 Å². The van der Waals surface area contributed by atoms with Gasteiger partial charge in [-0.25, -0.2) is 5.43 Å². The number of carbonyl (C=O) groups is 4. The maximum absolute atomic E-state index is 14.8. The largest absolute Gasteiger partial charge is 0.508 e. The summed E-state index contributed by atoms with van der Waals surface area (Å²) >= 11 is 0. The number of nitrogens with one attached hydrogen (secondary N) is 4. The number of likely N-dealkylation sites (N-methyl/N-ethyl adjacent to an activating group) is 1. The van der Waals surface area contributed by atoms with Gasteiger partial charge in [-0.2, -0.15) is 0 Å². The fourth-order valence-corrected chi connectivity index (χ4v) is 10.9. The molecule has 0 radical (unpaired) electrons. The first-order valence-electron chi connectivity index (χ1n) is 23.8. The SMILES string of the molecule is CCn1c(-c2cccnc2[C@H](C)OC)c2c3cc(ccc31)-c1cc(O)cc(c1)C[C@H](NC(=O)C(C(C)C)N(C)C(=O)[C@H]1CC[C@H]3NCCN[C@@H]13)C(=O)N1CCC[C@H](N1)C(=O)OCC(C)(C)C2. The van der Waals surface area contributed by atoms with Gasteiger partial charge < -0.3 is 40.0 Å². The highest BCUT2D eigenvalue weighted by atomic mass is 16.5. The van der Waals surface area contributed by atoms with E-state index in [-0.39, 0.29) is 54.7 Å². The third kappa shape index (κ3) is 9.45. The highest BCUT2D eigenvalue weighted by Gasteiger charge is 2.45. The molecule has 1 unspecified atom stereocenters. The van der Waals surface area contributed by atoms with E-state index in [1.807, 2.05) is 39.0 Å². The van der Waals surface area contributed by atoms with Crippen LogP contribution in [0, 0.1) is 17.3 Å². The zero-order valence-electron chi connectivity index (χ0n) is 39.8. The van der Waals surface area contributed by atoms with Gasteiger partial charge in [0.25, 0.3) is 5.91 Å². The minimum atomic E-state index is -1.12. The number of carbonyl (C=O) groups excluding carboxylic acids is 4. The molecule has 8 rings (SSSR count). The molecule has 2 saturated heterocycles. The molecule has 7 atom stereocenters. The van der Waals surface area contributed by atoms with E-state index in [4.69, 9.17) is 14.5 Å². The van der Waals surface area contributed by atoms with Crippen molar-refractivity contribution in [2.24, 2.45) is 17.3 Å². The van der Waals surface area contributed by atoms with E-state index >= 15 is 0 Å². The molecule has 354 valence electrons. The zero-order chi connectivity index (χ0) is 47.0. The summed E-state index contributed by atoms with van der Waals surface area (Å²) < 4.78 is 14.3. The molecule has 2 aromatic carbocycles. The number of methoxy groups -OCH3 is 1. The van der Waals surface area contributed by atoms with Gasteiger partial charge in [0.05, 0.1) is 30.0 Å². The molecule has 5 N–H and O–H groups in total. The number of aryl methyl sites for hydroxylation is 1. The van der Waals surface area contributed by atoms with Crippen molar-refractivity contribution in [3.05, 3.63) is 71.5 Å².